The number of allylic oxidation sites excluding steroid dienone is 1. The zero-order chi connectivity index (χ0) is 10.7. The lowest BCUT2D eigenvalue weighted by molar-refractivity contribution is -0.138. The van der Waals surface area contributed by atoms with Gasteiger partial charge in [-0.1, -0.05) is 19.9 Å². The lowest BCUT2D eigenvalue weighted by atomic mass is 9.83. The van der Waals surface area contributed by atoms with E-state index in [2.05, 4.69) is 18.6 Å². The van der Waals surface area contributed by atoms with Crippen LogP contribution >= 0.6 is 0 Å². The van der Waals surface area contributed by atoms with Crippen molar-refractivity contribution in [2.24, 2.45) is 11.8 Å². The van der Waals surface area contributed by atoms with Gasteiger partial charge >= 0.3 is 5.97 Å². The molecule has 0 spiro atoms. The number of hydrogen-bond donors (Lipinski definition) is 0. The molecule has 0 amide bonds. The van der Waals surface area contributed by atoms with Crippen LogP contribution in [0.4, 0.5) is 0 Å². The number of Topliss-reactive ketones (excluding diaryl/α,β-unsaturated/α-hetero) is 1. The first kappa shape index (κ1) is 11.0. The molecule has 0 radical (unpaired) electrons. The molecule has 0 saturated carbocycles. The molecule has 78 valence electrons. The Hall–Kier alpha value is -1.12. The third-order valence-electron chi connectivity index (χ3n) is 2.65. The monoisotopic (exact) mass is 196 g/mol. The fourth-order valence-electron chi connectivity index (χ4n) is 1.64. The van der Waals surface area contributed by atoms with E-state index in [4.69, 9.17) is 0 Å². The summed E-state index contributed by atoms with van der Waals surface area (Å²) in [6.07, 6.45) is 3.07. The van der Waals surface area contributed by atoms with E-state index in [-0.39, 0.29) is 11.4 Å². The smallest absolute Gasteiger partial charge is 0.341 e. The van der Waals surface area contributed by atoms with Crippen LogP contribution in [0.5, 0.6) is 0 Å². The summed E-state index contributed by atoms with van der Waals surface area (Å²) in [5.41, 5.74) is 0.234. The van der Waals surface area contributed by atoms with Crippen molar-refractivity contribution in [1.29, 1.82) is 0 Å². The Balaban J connectivity index is 2.88. The van der Waals surface area contributed by atoms with Gasteiger partial charge in [-0.15, -0.1) is 0 Å². The molecular formula is C11H16O3. The van der Waals surface area contributed by atoms with Gasteiger partial charge in [0.2, 0.25) is 0 Å². The first-order chi connectivity index (χ1) is 6.56. The Morgan fingerprint density at radius 3 is 2.71 bits per heavy atom. The van der Waals surface area contributed by atoms with E-state index in [1.807, 2.05) is 0 Å². The van der Waals surface area contributed by atoms with Gasteiger partial charge in [-0.2, -0.15) is 0 Å². The molecular weight excluding hydrogens is 180 g/mol. The molecule has 0 aromatic carbocycles. The number of carbonyl (C=O) groups is 2. The summed E-state index contributed by atoms with van der Waals surface area (Å²) in [6, 6.07) is 0. The largest absolute Gasteiger partial charge is 0.465 e. The highest BCUT2D eigenvalue weighted by molar-refractivity contribution is 6.17. The van der Waals surface area contributed by atoms with Crippen molar-refractivity contribution in [3.8, 4) is 0 Å². The number of methoxy groups -OCH3 is 1. The molecule has 1 rings (SSSR count). The van der Waals surface area contributed by atoms with Crippen molar-refractivity contribution in [2.75, 3.05) is 7.11 Å². The first-order valence-corrected chi connectivity index (χ1v) is 4.89. The molecule has 3 nitrogen and oxygen atoms in total. The van der Waals surface area contributed by atoms with Crippen LogP contribution in [0.25, 0.3) is 0 Å². The van der Waals surface area contributed by atoms with Crippen molar-refractivity contribution in [1.82, 2.24) is 0 Å². The Bertz CT molecular complexity index is 276. The fourth-order valence-corrected chi connectivity index (χ4v) is 1.64. The van der Waals surface area contributed by atoms with E-state index in [0.29, 0.717) is 18.3 Å². The van der Waals surface area contributed by atoms with Gasteiger partial charge < -0.3 is 4.74 Å². The summed E-state index contributed by atoms with van der Waals surface area (Å²) in [7, 11) is 1.30. The normalized spacial score (nSPS) is 22.1. The topological polar surface area (TPSA) is 43.4 Å². The maximum atomic E-state index is 11.4. The number of rotatable bonds is 2. The van der Waals surface area contributed by atoms with Gasteiger partial charge in [0.25, 0.3) is 0 Å². The molecule has 0 fully saturated rings. The molecule has 0 N–H and O–H groups in total. The second-order valence-corrected chi connectivity index (χ2v) is 3.94. The summed E-state index contributed by atoms with van der Waals surface area (Å²) in [4.78, 5) is 22.6. The lowest BCUT2D eigenvalue weighted by Gasteiger charge is -2.21. The standard InChI is InChI=1S/C11H16O3/c1-7(2)8-4-5-10(12)9(6-8)11(13)14-3/h6-8H,4-5H2,1-3H3. The van der Waals surface area contributed by atoms with E-state index in [0.717, 1.165) is 6.42 Å². The van der Waals surface area contributed by atoms with Crippen molar-refractivity contribution < 1.29 is 14.3 Å². The van der Waals surface area contributed by atoms with E-state index in [9.17, 15) is 9.59 Å². The minimum atomic E-state index is -0.500. The van der Waals surface area contributed by atoms with Crippen LogP contribution in [-0.4, -0.2) is 18.9 Å². The SMILES string of the molecule is COC(=O)C1=CC(C(C)C)CCC1=O. The fraction of sp³-hybridized carbons (Fsp3) is 0.636. The van der Waals surface area contributed by atoms with Gasteiger partial charge in [0, 0.05) is 6.42 Å². The van der Waals surface area contributed by atoms with Gasteiger partial charge in [-0.05, 0) is 18.3 Å². The second-order valence-electron chi connectivity index (χ2n) is 3.94. The molecule has 0 aromatic rings. The summed E-state index contributed by atoms with van der Waals surface area (Å²) in [5.74, 6) is 0.193. The third-order valence-corrected chi connectivity index (χ3v) is 2.65. The molecule has 1 unspecified atom stereocenters. The van der Waals surface area contributed by atoms with Gasteiger partial charge in [-0.3, -0.25) is 4.79 Å². The highest BCUT2D eigenvalue weighted by Gasteiger charge is 2.27. The highest BCUT2D eigenvalue weighted by Crippen LogP contribution is 2.26. The Kier molecular flexibility index (Phi) is 3.44. The van der Waals surface area contributed by atoms with Gasteiger partial charge in [0.05, 0.1) is 12.7 Å². The van der Waals surface area contributed by atoms with Crippen LogP contribution < -0.4 is 0 Å². The molecule has 0 heterocycles. The zero-order valence-electron chi connectivity index (χ0n) is 8.87. The van der Waals surface area contributed by atoms with Crippen molar-refractivity contribution in [3.05, 3.63) is 11.6 Å². The number of carbonyl (C=O) groups excluding carboxylic acids is 2. The summed E-state index contributed by atoms with van der Waals surface area (Å²) >= 11 is 0. The van der Waals surface area contributed by atoms with Crippen LogP contribution in [0.15, 0.2) is 11.6 Å². The molecule has 0 saturated heterocycles. The predicted octanol–water partition coefficient (Wildman–Crippen LogP) is 1.72. The maximum absolute atomic E-state index is 11.4. The minimum Gasteiger partial charge on any atom is -0.465 e. The van der Waals surface area contributed by atoms with Gasteiger partial charge in [-0.25, -0.2) is 4.79 Å². The molecule has 0 bridgehead atoms. The molecule has 1 aliphatic rings. The van der Waals surface area contributed by atoms with E-state index in [1.165, 1.54) is 7.11 Å². The minimum absolute atomic E-state index is 0.0891. The number of esters is 1. The summed E-state index contributed by atoms with van der Waals surface area (Å²) in [5, 5.41) is 0. The average Bonchev–Trinajstić information content (AvgIpc) is 2.17. The van der Waals surface area contributed by atoms with Crippen LogP contribution in [0.2, 0.25) is 0 Å². The molecule has 14 heavy (non-hydrogen) atoms. The quantitative estimate of drug-likeness (QED) is 0.499. The first-order valence-electron chi connectivity index (χ1n) is 4.89. The van der Waals surface area contributed by atoms with Crippen molar-refractivity contribution in [3.63, 3.8) is 0 Å². The van der Waals surface area contributed by atoms with Crippen molar-refractivity contribution in [2.45, 2.75) is 26.7 Å². The highest BCUT2D eigenvalue weighted by atomic mass is 16.5. The average molecular weight is 196 g/mol. The van der Waals surface area contributed by atoms with Crippen molar-refractivity contribution >= 4 is 11.8 Å². The third kappa shape index (κ3) is 2.22. The second kappa shape index (κ2) is 4.40. The number of ether oxygens (including phenoxy) is 1. The maximum Gasteiger partial charge on any atom is 0.341 e. The van der Waals surface area contributed by atoms with Gasteiger partial charge in [0.15, 0.2) is 5.78 Å². The Morgan fingerprint density at radius 2 is 2.21 bits per heavy atom. The van der Waals surface area contributed by atoms with Crippen LogP contribution in [0.3, 0.4) is 0 Å². The molecule has 1 atom stereocenters. The number of hydrogen-bond acceptors (Lipinski definition) is 3. The number of ketones is 1. The van der Waals surface area contributed by atoms with Crippen LogP contribution in [0, 0.1) is 11.8 Å². The van der Waals surface area contributed by atoms with Gasteiger partial charge in [0.1, 0.15) is 0 Å². The Labute approximate surface area is 84.1 Å². The zero-order valence-corrected chi connectivity index (χ0v) is 8.87. The summed E-state index contributed by atoms with van der Waals surface area (Å²) < 4.78 is 4.56. The molecule has 3 heteroatoms. The van der Waals surface area contributed by atoms with E-state index < -0.39 is 5.97 Å². The predicted molar refractivity (Wildman–Crippen MR) is 52.7 cm³/mol. The lowest BCUT2D eigenvalue weighted by Crippen LogP contribution is -2.23. The molecule has 1 aliphatic carbocycles. The Morgan fingerprint density at radius 1 is 1.57 bits per heavy atom. The van der Waals surface area contributed by atoms with Crippen LogP contribution in [0.1, 0.15) is 26.7 Å². The van der Waals surface area contributed by atoms with Crippen LogP contribution in [-0.2, 0) is 14.3 Å². The molecule has 0 aromatic heterocycles. The molecule has 0 aliphatic heterocycles. The summed E-state index contributed by atoms with van der Waals surface area (Å²) in [6.45, 7) is 4.18. The van der Waals surface area contributed by atoms with E-state index in [1.54, 1.807) is 6.08 Å². The van der Waals surface area contributed by atoms with E-state index >= 15 is 0 Å².